The van der Waals surface area contributed by atoms with Gasteiger partial charge in [0.15, 0.2) is 5.65 Å². The molecule has 0 atom stereocenters. The van der Waals surface area contributed by atoms with Crippen molar-refractivity contribution in [2.45, 2.75) is 37.8 Å². The lowest BCUT2D eigenvalue weighted by Gasteiger charge is -2.26. The third kappa shape index (κ3) is 2.90. The van der Waals surface area contributed by atoms with Gasteiger partial charge in [-0.05, 0) is 37.8 Å². The second kappa shape index (κ2) is 5.96. The number of anilines is 1. The van der Waals surface area contributed by atoms with Gasteiger partial charge in [0.05, 0.1) is 12.3 Å². The van der Waals surface area contributed by atoms with Gasteiger partial charge in [-0.3, -0.25) is 4.98 Å². The molecule has 0 amide bonds. The highest BCUT2D eigenvalue weighted by Gasteiger charge is 2.19. The molecule has 0 aliphatic heterocycles. The van der Waals surface area contributed by atoms with Gasteiger partial charge in [0.1, 0.15) is 5.82 Å². The molecule has 0 radical (unpaired) electrons. The minimum absolute atomic E-state index is 0.143. The average molecular weight is 309 g/mol. The molecule has 6 nitrogen and oxygen atoms in total. The quantitative estimate of drug-likeness (QED) is 0.777. The fourth-order valence-corrected chi connectivity index (χ4v) is 3.10. The van der Waals surface area contributed by atoms with Gasteiger partial charge in [0.2, 0.25) is 0 Å². The lowest BCUT2D eigenvalue weighted by molar-refractivity contribution is 0.126. The van der Waals surface area contributed by atoms with Gasteiger partial charge in [-0.1, -0.05) is 6.07 Å². The fraction of sp³-hybridized carbons (Fsp3) is 0.353. The van der Waals surface area contributed by atoms with Crippen molar-refractivity contribution in [2.75, 3.05) is 5.32 Å². The number of nitrogens with zero attached hydrogens (tertiary/aromatic N) is 4. The first-order chi connectivity index (χ1) is 11.3. The van der Waals surface area contributed by atoms with Crippen LogP contribution in [-0.2, 0) is 0 Å². The summed E-state index contributed by atoms with van der Waals surface area (Å²) < 4.78 is 1.78. The van der Waals surface area contributed by atoms with Crippen molar-refractivity contribution in [2.24, 2.45) is 0 Å². The van der Waals surface area contributed by atoms with E-state index in [1.165, 1.54) is 0 Å². The summed E-state index contributed by atoms with van der Waals surface area (Å²) in [5.74, 6) is 0.851. The van der Waals surface area contributed by atoms with E-state index in [4.69, 9.17) is 4.98 Å². The molecule has 1 aliphatic carbocycles. The van der Waals surface area contributed by atoms with E-state index in [2.05, 4.69) is 15.4 Å². The van der Waals surface area contributed by atoms with Crippen molar-refractivity contribution in [1.29, 1.82) is 0 Å². The van der Waals surface area contributed by atoms with E-state index in [1.807, 2.05) is 36.8 Å². The molecule has 1 saturated carbocycles. The number of aromatic nitrogens is 4. The van der Waals surface area contributed by atoms with E-state index in [-0.39, 0.29) is 6.10 Å². The molecule has 3 aromatic rings. The van der Waals surface area contributed by atoms with Crippen molar-refractivity contribution < 1.29 is 5.11 Å². The summed E-state index contributed by atoms with van der Waals surface area (Å²) in [4.78, 5) is 8.89. The van der Waals surface area contributed by atoms with Crippen LogP contribution in [0.1, 0.15) is 25.7 Å². The number of nitrogens with one attached hydrogen (secondary N) is 1. The minimum atomic E-state index is -0.143. The van der Waals surface area contributed by atoms with Gasteiger partial charge in [-0.2, -0.15) is 5.10 Å². The topological polar surface area (TPSA) is 75.3 Å². The zero-order valence-corrected chi connectivity index (χ0v) is 12.8. The second-order valence-corrected chi connectivity index (χ2v) is 6.03. The second-order valence-electron chi connectivity index (χ2n) is 6.03. The summed E-state index contributed by atoms with van der Waals surface area (Å²) in [5, 5.41) is 17.4. The zero-order valence-electron chi connectivity index (χ0n) is 12.8. The highest BCUT2D eigenvalue weighted by molar-refractivity contribution is 5.77. The smallest absolute Gasteiger partial charge is 0.165 e. The van der Waals surface area contributed by atoms with Crippen LogP contribution in [0, 0.1) is 0 Å². The number of aliphatic hydroxyl groups is 1. The van der Waals surface area contributed by atoms with Crippen LogP contribution in [0.5, 0.6) is 0 Å². The molecule has 0 unspecified atom stereocenters. The molecule has 3 heterocycles. The van der Waals surface area contributed by atoms with E-state index in [9.17, 15) is 5.11 Å². The van der Waals surface area contributed by atoms with Gasteiger partial charge in [-0.15, -0.1) is 0 Å². The highest BCUT2D eigenvalue weighted by atomic mass is 16.3. The Morgan fingerprint density at radius 3 is 2.78 bits per heavy atom. The van der Waals surface area contributed by atoms with Crippen LogP contribution >= 0.6 is 0 Å². The molecule has 0 aromatic carbocycles. The van der Waals surface area contributed by atoms with Gasteiger partial charge in [0, 0.05) is 35.8 Å². The first kappa shape index (κ1) is 14.1. The lowest BCUT2D eigenvalue weighted by atomic mass is 9.93. The van der Waals surface area contributed by atoms with E-state index in [0.29, 0.717) is 6.04 Å². The molecule has 2 N–H and O–H groups in total. The number of hydrogen-bond donors (Lipinski definition) is 2. The molecule has 1 aliphatic rings. The standard InChI is InChI=1S/C17H19N5O/c23-14-5-3-13(4-6-14)20-16-7-9-22-17(21-16)15(11-19-22)12-2-1-8-18-10-12/h1-2,7-11,13-14,23H,3-6H2,(H,20,21). The van der Waals surface area contributed by atoms with Gasteiger partial charge < -0.3 is 10.4 Å². The minimum Gasteiger partial charge on any atom is -0.393 e. The molecule has 0 bridgehead atoms. The molecule has 3 aromatic heterocycles. The Bertz CT molecular complexity index is 793. The first-order valence-corrected chi connectivity index (χ1v) is 7.99. The maximum Gasteiger partial charge on any atom is 0.165 e. The molecular weight excluding hydrogens is 290 g/mol. The van der Waals surface area contributed by atoms with E-state index < -0.39 is 0 Å². The number of hydrogen-bond acceptors (Lipinski definition) is 5. The molecule has 6 heteroatoms. The predicted octanol–water partition coefficient (Wildman–Crippen LogP) is 2.51. The Morgan fingerprint density at radius 1 is 1.13 bits per heavy atom. The van der Waals surface area contributed by atoms with Crippen molar-refractivity contribution in [1.82, 2.24) is 19.6 Å². The molecule has 1 fully saturated rings. The van der Waals surface area contributed by atoms with Crippen LogP contribution in [0.4, 0.5) is 5.82 Å². The molecule has 118 valence electrons. The largest absolute Gasteiger partial charge is 0.393 e. The van der Waals surface area contributed by atoms with Gasteiger partial charge in [0.25, 0.3) is 0 Å². The van der Waals surface area contributed by atoms with Crippen molar-refractivity contribution in [3.8, 4) is 11.1 Å². The number of aliphatic hydroxyl groups excluding tert-OH is 1. The predicted molar refractivity (Wildman–Crippen MR) is 88.1 cm³/mol. The summed E-state index contributed by atoms with van der Waals surface area (Å²) in [6.45, 7) is 0. The summed E-state index contributed by atoms with van der Waals surface area (Å²) in [5.41, 5.74) is 2.80. The first-order valence-electron chi connectivity index (χ1n) is 7.99. The maximum absolute atomic E-state index is 9.61. The number of fused-ring (bicyclic) bond motifs is 1. The monoisotopic (exact) mass is 309 g/mol. The highest BCUT2D eigenvalue weighted by Crippen LogP contribution is 2.25. The van der Waals surface area contributed by atoms with Crippen LogP contribution in [-0.4, -0.2) is 36.8 Å². The molecule has 4 rings (SSSR count). The van der Waals surface area contributed by atoms with Gasteiger partial charge >= 0.3 is 0 Å². The summed E-state index contributed by atoms with van der Waals surface area (Å²) in [6, 6.07) is 6.24. The lowest BCUT2D eigenvalue weighted by Crippen LogP contribution is -2.28. The molecule has 0 saturated heterocycles. The van der Waals surface area contributed by atoms with Crippen LogP contribution in [0.2, 0.25) is 0 Å². The SMILES string of the molecule is OC1CCC(Nc2ccn3ncc(-c4cccnc4)c3n2)CC1. The van der Waals surface area contributed by atoms with E-state index in [0.717, 1.165) is 48.3 Å². The Hall–Kier alpha value is -2.47. The van der Waals surface area contributed by atoms with E-state index in [1.54, 1.807) is 10.7 Å². The van der Waals surface area contributed by atoms with Gasteiger partial charge in [-0.25, -0.2) is 9.50 Å². The maximum atomic E-state index is 9.61. The Kier molecular flexibility index (Phi) is 3.67. The summed E-state index contributed by atoms with van der Waals surface area (Å²) in [7, 11) is 0. The molecule has 23 heavy (non-hydrogen) atoms. The summed E-state index contributed by atoms with van der Waals surface area (Å²) in [6.07, 6.45) is 10.8. The van der Waals surface area contributed by atoms with Crippen LogP contribution < -0.4 is 5.32 Å². The summed E-state index contributed by atoms with van der Waals surface area (Å²) >= 11 is 0. The average Bonchev–Trinajstić information content (AvgIpc) is 3.01. The molecular formula is C17H19N5O. The van der Waals surface area contributed by atoms with Crippen molar-refractivity contribution in [3.63, 3.8) is 0 Å². The van der Waals surface area contributed by atoms with Crippen molar-refractivity contribution >= 4 is 11.5 Å². The zero-order chi connectivity index (χ0) is 15.6. The molecule has 0 spiro atoms. The van der Waals surface area contributed by atoms with Crippen LogP contribution in [0.15, 0.2) is 43.0 Å². The third-order valence-electron chi connectivity index (χ3n) is 4.39. The van der Waals surface area contributed by atoms with Crippen LogP contribution in [0.3, 0.4) is 0 Å². The number of pyridine rings is 1. The number of rotatable bonds is 3. The Morgan fingerprint density at radius 2 is 2.00 bits per heavy atom. The normalized spacial score (nSPS) is 21.4. The Balaban J connectivity index is 1.62. The van der Waals surface area contributed by atoms with Crippen LogP contribution in [0.25, 0.3) is 16.8 Å². The van der Waals surface area contributed by atoms with Crippen molar-refractivity contribution in [3.05, 3.63) is 43.0 Å². The van der Waals surface area contributed by atoms with E-state index >= 15 is 0 Å². The Labute approximate surface area is 134 Å². The third-order valence-corrected chi connectivity index (χ3v) is 4.39. The fourth-order valence-electron chi connectivity index (χ4n) is 3.10.